The molecule has 2 aliphatic rings. The first-order chi connectivity index (χ1) is 13.5. The van der Waals surface area contributed by atoms with E-state index in [0.29, 0.717) is 44.8 Å². The molecule has 1 atom stereocenters. The number of aromatic amines is 1. The second kappa shape index (κ2) is 9.05. The van der Waals surface area contributed by atoms with E-state index in [9.17, 15) is 19.5 Å². The lowest BCUT2D eigenvalue weighted by atomic mass is 9.80. The van der Waals surface area contributed by atoms with Gasteiger partial charge in [0.2, 0.25) is 5.91 Å². The number of urea groups is 1. The van der Waals surface area contributed by atoms with Crippen molar-refractivity contribution >= 4 is 17.9 Å². The van der Waals surface area contributed by atoms with Crippen LogP contribution in [0.1, 0.15) is 37.8 Å². The van der Waals surface area contributed by atoms with Crippen LogP contribution in [-0.2, 0) is 20.7 Å². The standard InChI is InChI=1S/C18H27N5O5/c24-15(25)14(10-13-11-19-12-20-13)21-16(26)18(4-2-1-3-5-18)22-17(27)23-6-8-28-9-7-23/h11-12,14H,1-10H2,(H,19,20)(H,21,26)(H,22,27)(H,24,25)/t14-/m0/s1. The van der Waals surface area contributed by atoms with Crippen LogP contribution in [0.25, 0.3) is 0 Å². The number of carboxylic acid groups (broad SMARTS) is 1. The van der Waals surface area contributed by atoms with Crippen LogP contribution in [0.3, 0.4) is 0 Å². The molecule has 0 aromatic carbocycles. The Balaban J connectivity index is 1.70. The Labute approximate surface area is 163 Å². The van der Waals surface area contributed by atoms with Crippen molar-refractivity contribution in [3.8, 4) is 0 Å². The van der Waals surface area contributed by atoms with E-state index in [1.807, 2.05) is 0 Å². The first kappa shape index (κ1) is 20.1. The molecule has 0 unspecified atom stereocenters. The number of aromatic nitrogens is 2. The zero-order chi connectivity index (χ0) is 20.0. The summed E-state index contributed by atoms with van der Waals surface area (Å²) in [6, 6.07) is -1.41. The predicted molar refractivity (Wildman–Crippen MR) is 98.6 cm³/mol. The number of hydrogen-bond donors (Lipinski definition) is 4. The van der Waals surface area contributed by atoms with Crippen LogP contribution < -0.4 is 10.6 Å². The molecule has 154 valence electrons. The highest BCUT2D eigenvalue weighted by Gasteiger charge is 2.43. The van der Waals surface area contributed by atoms with Crippen molar-refractivity contribution in [2.75, 3.05) is 26.3 Å². The van der Waals surface area contributed by atoms with Gasteiger partial charge in [-0.25, -0.2) is 14.6 Å². The van der Waals surface area contributed by atoms with Crippen LogP contribution in [0.15, 0.2) is 12.5 Å². The fourth-order valence-electron chi connectivity index (χ4n) is 3.73. The number of nitrogens with zero attached hydrogens (tertiary/aromatic N) is 2. The Hall–Kier alpha value is -2.62. The van der Waals surface area contributed by atoms with Gasteiger partial charge in [-0.15, -0.1) is 0 Å². The van der Waals surface area contributed by atoms with Crippen molar-refractivity contribution in [3.05, 3.63) is 18.2 Å². The minimum absolute atomic E-state index is 0.0918. The number of aliphatic carboxylic acids is 1. The van der Waals surface area contributed by atoms with E-state index in [0.717, 1.165) is 19.3 Å². The number of rotatable bonds is 6. The van der Waals surface area contributed by atoms with Crippen molar-refractivity contribution in [1.29, 1.82) is 0 Å². The van der Waals surface area contributed by atoms with Gasteiger partial charge >= 0.3 is 12.0 Å². The van der Waals surface area contributed by atoms with Gasteiger partial charge in [0.1, 0.15) is 11.6 Å². The van der Waals surface area contributed by atoms with E-state index in [4.69, 9.17) is 4.74 Å². The Bertz CT molecular complexity index is 681. The Morgan fingerprint density at radius 1 is 1.25 bits per heavy atom. The Morgan fingerprint density at radius 2 is 1.96 bits per heavy atom. The summed E-state index contributed by atoms with van der Waals surface area (Å²) in [5.41, 5.74) is -0.474. The molecule has 0 bridgehead atoms. The molecule has 2 heterocycles. The van der Waals surface area contributed by atoms with E-state index < -0.39 is 23.5 Å². The van der Waals surface area contributed by atoms with Gasteiger partial charge in [-0.1, -0.05) is 19.3 Å². The molecule has 1 aromatic heterocycles. The fraction of sp³-hybridized carbons (Fsp3) is 0.667. The molecule has 0 radical (unpaired) electrons. The van der Waals surface area contributed by atoms with Crippen molar-refractivity contribution in [2.45, 2.75) is 50.1 Å². The molecule has 4 N–H and O–H groups in total. The number of carboxylic acids is 1. The molecule has 3 amide bonds. The number of nitrogens with one attached hydrogen (secondary N) is 3. The van der Waals surface area contributed by atoms with Crippen molar-refractivity contribution in [2.24, 2.45) is 0 Å². The number of ether oxygens (including phenoxy) is 1. The van der Waals surface area contributed by atoms with Gasteiger partial charge in [-0.05, 0) is 12.8 Å². The minimum atomic E-state index is -1.13. The smallest absolute Gasteiger partial charge is 0.326 e. The van der Waals surface area contributed by atoms with Crippen LogP contribution in [0, 0.1) is 0 Å². The van der Waals surface area contributed by atoms with Crippen LogP contribution in [0.5, 0.6) is 0 Å². The maximum Gasteiger partial charge on any atom is 0.326 e. The zero-order valence-corrected chi connectivity index (χ0v) is 15.8. The van der Waals surface area contributed by atoms with Gasteiger partial charge in [0.25, 0.3) is 0 Å². The van der Waals surface area contributed by atoms with Crippen molar-refractivity contribution in [3.63, 3.8) is 0 Å². The maximum absolute atomic E-state index is 13.1. The average molecular weight is 393 g/mol. The molecular weight excluding hydrogens is 366 g/mol. The predicted octanol–water partition coefficient (Wildman–Crippen LogP) is 0.266. The molecule has 28 heavy (non-hydrogen) atoms. The van der Waals surface area contributed by atoms with Crippen molar-refractivity contribution < 1.29 is 24.2 Å². The summed E-state index contributed by atoms with van der Waals surface area (Å²) in [7, 11) is 0. The van der Waals surface area contributed by atoms with E-state index in [-0.39, 0.29) is 12.5 Å². The monoisotopic (exact) mass is 393 g/mol. The lowest BCUT2D eigenvalue weighted by Gasteiger charge is -2.39. The number of morpholine rings is 1. The largest absolute Gasteiger partial charge is 0.480 e. The zero-order valence-electron chi connectivity index (χ0n) is 15.8. The molecule has 1 aromatic rings. The lowest BCUT2D eigenvalue weighted by molar-refractivity contribution is -0.143. The molecule has 2 fully saturated rings. The van der Waals surface area contributed by atoms with Gasteiger partial charge in [-0.2, -0.15) is 0 Å². The molecule has 10 heteroatoms. The molecule has 1 aliphatic carbocycles. The molecule has 1 saturated carbocycles. The highest BCUT2D eigenvalue weighted by molar-refractivity contribution is 5.93. The number of carbonyl (C=O) groups excluding carboxylic acids is 2. The summed E-state index contributed by atoms with van der Waals surface area (Å²) in [5, 5.41) is 15.1. The number of H-pyrrole nitrogens is 1. The second-order valence-corrected chi connectivity index (χ2v) is 7.32. The number of carbonyl (C=O) groups is 3. The summed E-state index contributed by atoms with van der Waals surface area (Å²) in [4.78, 5) is 45.8. The molecule has 1 saturated heterocycles. The maximum atomic E-state index is 13.1. The summed E-state index contributed by atoms with van der Waals surface area (Å²) >= 11 is 0. The normalized spacial score (nSPS) is 20.2. The topological polar surface area (TPSA) is 137 Å². The molecule has 1 aliphatic heterocycles. The quantitative estimate of drug-likeness (QED) is 0.547. The summed E-state index contributed by atoms with van der Waals surface area (Å²) in [6.07, 6.45) is 6.65. The van der Waals surface area contributed by atoms with Gasteiger partial charge in [0.15, 0.2) is 0 Å². The third-order valence-electron chi connectivity index (χ3n) is 5.37. The first-order valence-corrected chi connectivity index (χ1v) is 9.66. The fourth-order valence-corrected chi connectivity index (χ4v) is 3.73. The third kappa shape index (κ3) is 4.80. The minimum Gasteiger partial charge on any atom is -0.480 e. The Kier molecular flexibility index (Phi) is 6.50. The summed E-state index contributed by atoms with van der Waals surface area (Å²) in [5.74, 6) is -1.57. The van der Waals surface area contributed by atoms with Gasteiger partial charge in [-0.3, -0.25) is 4.79 Å². The number of hydrogen-bond acceptors (Lipinski definition) is 5. The van der Waals surface area contributed by atoms with Crippen molar-refractivity contribution in [1.82, 2.24) is 25.5 Å². The van der Waals surface area contributed by atoms with E-state index >= 15 is 0 Å². The third-order valence-corrected chi connectivity index (χ3v) is 5.37. The van der Waals surface area contributed by atoms with Crippen LogP contribution >= 0.6 is 0 Å². The molecule has 0 spiro atoms. The Morgan fingerprint density at radius 3 is 2.57 bits per heavy atom. The average Bonchev–Trinajstić information content (AvgIpc) is 3.22. The van der Waals surface area contributed by atoms with Gasteiger partial charge < -0.3 is 30.4 Å². The highest BCUT2D eigenvalue weighted by atomic mass is 16.5. The SMILES string of the molecule is O=C(O)[C@H](Cc1cnc[nH]1)NC(=O)C1(NC(=O)N2CCOCC2)CCCCC1. The molecule has 3 rings (SSSR count). The lowest BCUT2D eigenvalue weighted by Crippen LogP contribution is -2.64. The van der Waals surface area contributed by atoms with Crippen LogP contribution in [-0.4, -0.2) is 75.8 Å². The summed E-state index contributed by atoms with van der Waals surface area (Å²) in [6.45, 7) is 1.89. The van der Waals surface area contributed by atoms with E-state index in [2.05, 4.69) is 20.6 Å². The highest BCUT2D eigenvalue weighted by Crippen LogP contribution is 2.29. The van der Waals surface area contributed by atoms with Gasteiger partial charge in [0, 0.05) is 31.4 Å². The molecule has 10 nitrogen and oxygen atoms in total. The van der Waals surface area contributed by atoms with Crippen LogP contribution in [0.2, 0.25) is 0 Å². The number of amides is 3. The number of imidazole rings is 1. The van der Waals surface area contributed by atoms with E-state index in [1.54, 1.807) is 4.90 Å². The summed E-state index contributed by atoms with van der Waals surface area (Å²) < 4.78 is 5.27. The second-order valence-electron chi connectivity index (χ2n) is 7.32. The van der Waals surface area contributed by atoms with E-state index in [1.165, 1.54) is 12.5 Å². The first-order valence-electron chi connectivity index (χ1n) is 9.66. The van der Waals surface area contributed by atoms with Gasteiger partial charge in [0.05, 0.1) is 19.5 Å². The molecular formula is C18H27N5O5. The van der Waals surface area contributed by atoms with Crippen LogP contribution in [0.4, 0.5) is 4.79 Å².